The zero-order chi connectivity index (χ0) is 64.8. The minimum atomic E-state index is -4.61. The average Bonchev–Trinajstić information content (AvgIpc) is 1.42. The Labute approximate surface area is 553 Å². The molecule has 6 heterocycles. The van der Waals surface area contributed by atoms with Gasteiger partial charge in [-0.1, -0.05) is 68.5 Å². The normalized spacial score (nSPS) is 20.8. The summed E-state index contributed by atoms with van der Waals surface area (Å²) in [6, 6.07) is 26.3. The Balaban J connectivity index is 0.585. The maximum absolute atomic E-state index is 14.2. The zero-order valence-corrected chi connectivity index (χ0v) is 55.5. The second kappa shape index (κ2) is 29.1. The van der Waals surface area contributed by atoms with Gasteiger partial charge in [0.05, 0.1) is 21.6 Å². The number of pyridine rings is 1. The van der Waals surface area contributed by atoms with Gasteiger partial charge >= 0.3 is 0 Å². The first-order valence-electron chi connectivity index (χ1n) is 33.0. The summed E-state index contributed by atoms with van der Waals surface area (Å²) in [5.74, 6) is -0.0256. The first kappa shape index (κ1) is 65.7. The van der Waals surface area contributed by atoms with Crippen molar-refractivity contribution in [3.63, 3.8) is 0 Å². The van der Waals surface area contributed by atoms with Crippen LogP contribution in [0.3, 0.4) is 0 Å². The lowest BCUT2D eigenvalue weighted by atomic mass is 9.72. The van der Waals surface area contributed by atoms with E-state index in [-0.39, 0.29) is 46.6 Å². The highest BCUT2D eigenvalue weighted by Crippen LogP contribution is 2.44. The van der Waals surface area contributed by atoms with Crippen LogP contribution in [0.2, 0.25) is 5.02 Å². The first-order valence-corrected chi connectivity index (χ1v) is 35.9. The maximum Gasteiger partial charge on any atom is 0.293 e. The molecule has 6 aliphatic rings. The lowest BCUT2D eigenvalue weighted by Crippen LogP contribution is -2.52. The summed E-state index contributed by atoms with van der Waals surface area (Å²) in [5.41, 5.74) is 7.19. The fraction of sp³-hybridized carbons (Fsp3) is 0.471. The highest BCUT2D eigenvalue weighted by molar-refractivity contribution is 7.99. The van der Waals surface area contributed by atoms with E-state index in [2.05, 4.69) is 77.0 Å². The molecule has 93 heavy (non-hydrogen) atoms. The number of nitro groups is 1. The van der Waals surface area contributed by atoms with E-state index in [1.54, 1.807) is 47.1 Å². The molecule has 4 aliphatic heterocycles. The number of H-pyrrole nitrogens is 1. The van der Waals surface area contributed by atoms with Crippen LogP contribution in [0.15, 0.2) is 119 Å². The summed E-state index contributed by atoms with van der Waals surface area (Å²) in [5, 5.41) is 19.7. The minimum Gasteiger partial charge on any atom is -0.455 e. The van der Waals surface area contributed by atoms with E-state index >= 15 is 0 Å². The number of nitro benzene ring substituents is 1. The topological polar surface area (TPSA) is 236 Å². The highest BCUT2D eigenvalue weighted by atomic mass is 35.5. The minimum absolute atomic E-state index is 0.0389. The number of piperazine rings is 2. The van der Waals surface area contributed by atoms with E-state index in [0.29, 0.717) is 61.5 Å². The van der Waals surface area contributed by atoms with E-state index in [0.717, 1.165) is 149 Å². The molecule has 0 spiro atoms. The Morgan fingerprint density at radius 1 is 0.849 bits per heavy atom. The van der Waals surface area contributed by atoms with Crippen molar-refractivity contribution in [1.29, 1.82) is 0 Å². The van der Waals surface area contributed by atoms with Crippen LogP contribution in [-0.2, 0) is 26.2 Å². The third-order valence-corrected chi connectivity index (χ3v) is 22.5. The summed E-state index contributed by atoms with van der Waals surface area (Å²) in [6.07, 6.45) is 16.9. The van der Waals surface area contributed by atoms with E-state index in [9.17, 15) is 37.7 Å². The summed E-state index contributed by atoms with van der Waals surface area (Å²) in [7, 11) is -4.61. The Kier molecular flexibility index (Phi) is 20.6. The first-order chi connectivity index (χ1) is 44.9. The van der Waals surface area contributed by atoms with Gasteiger partial charge in [-0.05, 0) is 165 Å². The van der Waals surface area contributed by atoms with Gasteiger partial charge < -0.3 is 29.7 Å². The predicted octanol–water partition coefficient (Wildman–Crippen LogP) is 11.9. The number of nitrogens with zero attached hydrogens (tertiary/aromatic N) is 7. The Morgan fingerprint density at radius 2 is 1.61 bits per heavy atom. The number of allylic oxidation sites excluding steroid dienone is 1. The second-order valence-corrected chi connectivity index (χ2v) is 29.9. The van der Waals surface area contributed by atoms with E-state index < -0.39 is 37.5 Å². The van der Waals surface area contributed by atoms with Crippen molar-refractivity contribution in [2.75, 3.05) is 88.0 Å². The molecular weight excluding hydrogens is 1240 g/mol. The van der Waals surface area contributed by atoms with Crippen LogP contribution >= 0.6 is 23.4 Å². The summed E-state index contributed by atoms with van der Waals surface area (Å²) < 4.78 is 36.7. The standard InChI is InChI=1S/C70H84ClN11O9S2/c1-70(2)27-25-50(58(42-70)48-13-15-51(71)16-14-48)45-78-32-36-80(37-33-78)53-19-21-57(63(40-53)91-54-39-49-26-28-72-66(49)74-44-54)67(84)76-93(89,90)55-20-22-60(62(41-55)82(87)88)73-43-47-11-17-52(18-12-47)79-34-30-77(31-35-79)29-6-4-3-5-7-38-92-64-10-8-9-56-59(64)46-81(69(56)86)61-23-24-65(83)75-68(61)85/h8-10,13-16,19-22,26,28,39-41,44,47,52,61,73H,3-7,11-12,17-18,23-25,27,29-38,42-43,45-46H2,1-2H3,(H,72,74)(H,76,84)(H,75,83,85)/t47-,52+,61?. The fourth-order valence-electron chi connectivity index (χ4n) is 14.4. The number of piperidine rings is 1. The summed E-state index contributed by atoms with van der Waals surface area (Å²) >= 11 is 8.06. The van der Waals surface area contributed by atoms with Gasteiger partial charge in [-0.3, -0.25) is 44.4 Å². The molecule has 6 aromatic rings. The molecule has 0 radical (unpaired) electrons. The zero-order valence-electron chi connectivity index (χ0n) is 53.1. The average molecular weight is 1320 g/mol. The van der Waals surface area contributed by atoms with Crippen molar-refractivity contribution >= 4 is 90.7 Å². The van der Waals surface area contributed by atoms with Gasteiger partial charge in [0.2, 0.25) is 11.8 Å². The molecular formula is C70H84ClN11O9S2. The molecule has 2 aromatic heterocycles. The van der Waals surface area contributed by atoms with Gasteiger partial charge in [0.15, 0.2) is 0 Å². The molecule has 20 nitrogen and oxygen atoms in total. The number of imide groups is 1. The molecule has 1 saturated carbocycles. The summed E-state index contributed by atoms with van der Waals surface area (Å²) in [6.45, 7) is 14.8. The smallest absolute Gasteiger partial charge is 0.293 e. The summed E-state index contributed by atoms with van der Waals surface area (Å²) in [4.78, 5) is 83.4. The molecule has 1 atom stereocenters. The van der Waals surface area contributed by atoms with Crippen LogP contribution in [0.4, 0.5) is 17.1 Å². The van der Waals surface area contributed by atoms with Crippen molar-refractivity contribution < 1.29 is 37.3 Å². The number of rotatable bonds is 24. The number of ether oxygens (including phenoxy) is 1. The lowest BCUT2D eigenvalue weighted by Gasteiger charge is -2.42. The number of halogens is 1. The monoisotopic (exact) mass is 1320 g/mol. The second-order valence-electron chi connectivity index (χ2n) is 26.7. The largest absolute Gasteiger partial charge is 0.455 e. The van der Waals surface area contributed by atoms with Crippen LogP contribution in [-0.4, -0.2) is 156 Å². The van der Waals surface area contributed by atoms with E-state index in [4.69, 9.17) is 16.3 Å². The predicted molar refractivity (Wildman–Crippen MR) is 364 cm³/mol. The van der Waals surface area contributed by atoms with E-state index in [1.807, 2.05) is 30.3 Å². The van der Waals surface area contributed by atoms with Crippen molar-refractivity contribution in [1.82, 2.24) is 39.6 Å². The van der Waals surface area contributed by atoms with Crippen molar-refractivity contribution in [3.8, 4) is 11.5 Å². The molecule has 4 fully saturated rings. The van der Waals surface area contributed by atoms with Crippen LogP contribution in [0.25, 0.3) is 16.6 Å². The highest BCUT2D eigenvalue weighted by Gasteiger charge is 2.40. The quantitative estimate of drug-likeness (QED) is 0.0145. The van der Waals surface area contributed by atoms with Gasteiger partial charge in [0.1, 0.15) is 28.9 Å². The number of hydrogen-bond acceptors (Lipinski definition) is 16. The molecule has 492 valence electrons. The van der Waals surface area contributed by atoms with Gasteiger partial charge in [0, 0.05) is 129 Å². The molecule has 1 unspecified atom stereocenters. The number of fused-ring (bicyclic) bond motifs is 2. The number of sulfonamides is 1. The molecule has 4 N–H and O–H groups in total. The maximum atomic E-state index is 14.2. The Hall–Kier alpha value is -7.34. The van der Waals surface area contributed by atoms with Crippen LogP contribution < -0.4 is 25.0 Å². The lowest BCUT2D eigenvalue weighted by molar-refractivity contribution is -0.384. The number of nitrogens with one attached hydrogen (secondary N) is 4. The number of hydrogen-bond donors (Lipinski definition) is 4. The Morgan fingerprint density at radius 3 is 2.39 bits per heavy atom. The fourth-order valence-corrected chi connectivity index (χ4v) is 16.6. The molecule has 23 heteroatoms. The third-order valence-electron chi connectivity index (χ3n) is 19.8. The number of aromatic amines is 1. The number of aromatic nitrogens is 2. The molecule has 0 bridgehead atoms. The Bertz CT molecular complexity index is 3890. The van der Waals surface area contributed by atoms with Crippen LogP contribution in [0, 0.1) is 21.4 Å². The molecule has 4 amide bonds. The number of unbranched alkanes of at least 4 members (excludes halogenated alkanes) is 4. The molecule has 12 rings (SSSR count). The molecule has 3 saturated heterocycles. The van der Waals surface area contributed by atoms with Gasteiger partial charge in [-0.2, -0.15) is 0 Å². The number of anilines is 2. The SMILES string of the molecule is CC1(C)CCC(CN2CCN(c3ccc(C(=O)NS(=O)(=O)c4ccc(NC[C@H]5CC[C@@H](N6CCN(CCCCCCCSc7cccc8c7CN(C7CCC(=O)NC7=O)C8=O)CC6)CC5)c([N+](=O)[O-])c4)c(Oc4cnc5[nH]ccc5c4)c3)CC2)=C(c2ccc(Cl)cc2)C1. The van der Waals surface area contributed by atoms with Crippen molar-refractivity contribution in [2.24, 2.45) is 11.3 Å². The molecule has 2 aliphatic carbocycles. The van der Waals surface area contributed by atoms with Crippen molar-refractivity contribution in [2.45, 2.75) is 132 Å². The van der Waals surface area contributed by atoms with E-state index in [1.165, 1.54) is 54.3 Å². The van der Waals surface area contributed by atoms with Crippen molar-refractivity contribution in [3.05, 3.63) is 146 Å². The third kappa shape index (κ3) is 15.9. The van der Waals surface area contributed by atoms with Gasteiger partial charge in [-0.25, -0.2) is 18.1 Å². The number of thioether (sulfide) groups is 1. The number of amides is 4. The number of benzene rings is 4. The molecule has 4 aromatic carbocycles. The van der Waals surface area contributed by atoms with Gasteiger partial charge in [0.25, 0.3) is 27.5 Å². The number of carbonyl (C=O) groups is 4. The van der Waals surface area contributed by atoms with Crippen LogP contribution in [0.5, 0.6) is 11.5 Å². The van der Waals surface area contributed by atoms with Crippen LogP contribution in [0.1, 0.15) is 136 Å². The number of carbonyl (C=O) groups excluding carboxylic acids is 4. The van der Waals surface area contributed by atoms with Gasteiger partial charge in [-0.15, -0.1) is 11.8 Å².